The summed E-state index contributed by atoms with van der Waals surface area (Å²) < 4.78 is 7.80. The molecule has 0 bridgehead atoms. The maximum atomic E-state index is 5.98. The Morgan fingerprint density at radius 1 is 1.35 bits per heavy atom. The topological polar surface area (TPSA) is 65.4 Å². The molecule has 1 saturated carbocycles. The molecule has 0 radical (unpaired) electrons. The molecular formula is C15H22N4O. The molecule has 108 valence electrons. The zero-order valence-corrected chi connectivity index (χ0v) is 12.0. The quantitative estimate of drug-likeness (QED) is 0.928. The Morgan fingerprint density at radius 3 is 2.95 bits per heavy atom. The molecule has 2 atom stereocenters. The maximum Gasteiger partial charge on any atom is 0.240 e. The van der Waals surface area contributed by atoms with Gasteiger partial charge in [-0.1, -0.05) is 12.8 Å². The fraction of sp³-hybridized carbons (Fsp3) is 0.600. The van der Waals surface area contributed by atoms with Crippen molar-refractivity contribution < 1.29 is 4.74 Å². The molecule has 0 spiro atoms. The minimum Gasteiger partial charge on any atom is -0.476 e. The normalized spacial score (nSPS) is 23.1. The lowest BCUT2D eigenvalue weighted by Gasteiger charge is -2.30. The molecule has 1 fully saturated rings. The van der Waals surface area contributed by atoms with Crippen molar-refractivity contribution in [2.45, 2.75) is 32.6 Å². The number of aryl methyl sites for hydroxylation is 1. The van der Waals surface area contributed by atoms with Crippen molar-refractivity contribution in [1.29, 1.82) is 0 Å². The molecule has 2 N–H and O–H groups in total. The summed E-state index contributed by atoms with van der Waals surface area (Å²) in [5.41, 5.74) is 7.78. The zero-order chi connectivity index (χ0) is 13.9. The molecular weight excluding hydrogens is 252 g/mol. The minimum atomic E-state index is 0.555. The van der Waals surface area contributed by atoms with Gasteiger partial charge in [-0.25, -0.2) is 9.50 Å². The van der Waals surface area contributed by atoms with Crippen LogP contribution in [0, 0.1) is 18.8 Å². The average Bonchev–Trinajstić information content (AvgIpc) is 2.86. The number of nitrogens with two attached hydrogens (primary N) is 1. The molecule has 2 aromatic heterocycles. The van der Waals surface area contributed by atoms with Crippen LogP contribution in [0.5, 0.6) is 5.88 Å². The van der Waals surface area contributed by atoms with Crippen LogP contribution >= 0.6 is 0 Å². The molecule has 0 amide bonds. The SMILES string of the molecule is Cc1cc2c(OCC3CCCCC3CN)nccn2n1. The first kappa shape index (κ1) is 13.4. The molecule has 2 aromatic rings. The second-order valence-electron chi connectivity index (χ2n) is 5.70. The summed E-state index contributed by atoms with van der Waals surface area (Å²) in [6, 6.07) is 2.00. The molecule has 5 heteroatoms. The Bertz CT molecular complexity index is 580. The summed E-state index contributed by atoms with van der Waals surface area (Å²) in [5, 5.41) is 4.38. The van der Waals surface area contributed by atoms with Crippen LogP contribution in [0.4, 0.5) is 0 Å². The van der Waals surface area contributed by atoms with Gasteiger partial charge in [0.2, 0.25) is 5.88 Å². The van der Waals surface area contributed by atoms with Gasteiger partial charge in [0.25, 0.3) is 0 Å². The summed E-state index contributed by atoms with van der Waals surface area (Å²) in [6.07, 6.45) is 8.60. The standard InChI is InChI=1S/C15H22N4O/c1-11-8-14-15(17-6-7-19(14)18-11)20-10-13-5-3-2-4-12(13)9-16/h6-8,12-13H,2-5,9-10,16H2,1H3. The van der Waals surface area contributed by atoms with E-state index in [1.165, 1.54) is 25.7 Å². The first-order valence-electron chi connectivity index (χ1n) is 7.42. The summed E-state index contributed by atoms with van der Waals surface area (Å²) in [7, 11) is 0. The Hall–Kier alpha value is -1.62. The van der Waals surface area contributed by atoms with Crippen molar-refractivity contribution in [2.75, 3.05) is 13.2 Å². The van der Waals surface area contributed by atoms with Crippen molar-refractivity contribution >= 4 is 5.52 Å². The highest BCUT2D eigenvalue weighted by Gasteiger charge is 2.24. The molecule has 2 unspecified atom stereocenters. The van der Waals surface area contributed by atoms with Crippen LogP contribution in [0.15, 0.2) is 18.5 Å². The van der Waals surface area contributed by atoms with Gasteiger partial charge in [-0.15, -0.1) is 0 Å². The summed E-state index contributed by atoms with van der Waals surface area (Å²) in [5.74, 6) is 1.82. The molecule has 0 aromatic carbocycles. The first-order valence-corrected chi connectivity index (χ1v) is 7.42. The Balaban J connectivity index is 1.73. The third-order valence-electron chi connectivity index (χ3n) is 4.28. The highest BCUT2D eigenvalue weighted by molar-refractivity contribution is 5.56. The predicted molar refractivity (Wildman–Crippen MR) is 77.7 cm³/mol. The molecule has 5 nitrogen and oxygen atoms in total. The van der Waals surface area contributed by atoms with E-state index in [1.54, 1.807) is 6.20 Å². The predicted octanol–water partition coefficient (Wildman–Crippen LogP) is 2.18. The van der Waals surface area contributed by atoms with Crippen LogP contribution in [-0.2, 0) is 0 Å². The smallest absolute Gasteiger partial charge is 0.240 e. The van der Waals surface area contributed by atoms with Gasteiger partial charge in [-0.2, -0.15) is 5.10 Å². The van der Waals surface area contributed by atoms with Crippen molar-refractivity contribution in [3.8, 4) is 5.88 Å². The monoisotopic (exact) mass is 274 g/mol. The number of aromatic nitrogens is 3. The van der Waals surface area contributed by atoms with Gasteiger partial charge in [0.15, 0.2) is 0 Å². The molecule has 3 rings (SSSR count). The lowest BCUT2D eigenvalue weighted by atomic mass is 9.80. The van der Waals surface area contributed by atoms with Crippen LogP contribution in [0.25, 0.3) is 5.52 Å². The molecule has 0 saturated heterocycles. The van der Waals surface area contributed by atoms with E-state index in [2.05, 4.69) is 10.1 Å². The van der Waals surface area contributed by atoms with E-state index in [1.807, 2.05) is 23.7 Å². The summed E-state index contributed by atoms with van der Waals surface area (Å²) in [4.78, 5) is 4.34. The van der Waals surface area contributed by atoms with Gasteiger partial charge in [0, 0.05) is 12.4 Å². The summed E-state index contributed by atoms with van der Waals surface area (Å²) in [6.45, 7) is 3.44. The van der Waals surface area contributed by atoms with E-state index in [0.717, 1.165) is 17.8 Å². The second-order valence-corrected chi connectivity index (χ2v) is 5.70. The Kier molecular flexibility index (Phi) is 3.87. The van der Waals surface area contributed by atoms with Crippen molar-refractivity contribution in [2.24, 2.45) is 17.6 Å². The number of rotatable bonds is 4. The van der Waals surface area contributed by atoms with E-state index in [0.29, 0.717) is 24.3 Å². The fourth-order valence-electron chi connectivity index (χ4n) is 3.13. The van der Waals surface area contributed by atoms with E-state index >= 15 is 0 Å². The third-order valence-corrected chi connectivity index (χ3v) is 4.28. The van der Waals surface area contributed by atoms with E-state index < -0.39 is 0 Å². The fourth-order valence-corrected chi connectivity index (χ4v) is 3.13. The van der Waals surface area contributed by atoms with Crippen LogP contribution in [-0.4, -0.2) is 27.7 Å². The molecule has 2 heterocycles. The molecule has 1 aliphatic carbocycles. The number of nitrogens with zero attached hydrogens (tertiary/aromatic N) is 3. The van der Waals surface area contributed by atoms with Crippen LogP contribution in [0.1, 0.15) is 31.4 Å². The van der Waals surface area contributed by atoms with E-state index in [9.17, 15) is 0 Å². The lowest BCUT2D eigenvalue weighted by molar-refractivity contribution is 0.150. The first-order chi connectivity index (χ1) is 9.78. The third kappa shape index (κ3) is 2.63. The van der Waals surface area contributed by atoms with Gasteiger partial charge in [-0.05, 0) is 44.2 Å². The minimum absolute atomic E-state index is 0.555. The van der Waals surface area contributed by atoms with Gasteiger partial charge < -0.3 is 10.5 Å². The van der Waals surface area contributed by atoms with Crippen molar-refractivity contribution in [3.05, 3.63) is 24.2 Å². The van der Waals surface area contributed by atoms with Crippen molar-refractivity contribution in [3.63, 3.8) is 0 Å². The Labute approximate surface area is 119 Å². The van der Waals surface area contributed by atoms with Crippen LogP contribution in [0.3, 0.4) is 0 Å². The van der Waals surface area contributed by atoms with Crippen LogP contribution in [0.2, 0.25) is 0 Å². The highest BCUT2D eigenvalue weighted by atomic mass is 16.5. The molecule has 1 aliphatic rings. The number of hydrogen-bond donors (Lipinski definition) is 1. The number of fused-ring (bicyclic) bond motifs is 1. The summed E-state index contributed by atoms with van der Waals surface area (Å²) >= 11 is 0. The zero-order valence-electron chi connectivity index (χ0n) is 12.0. The van der Waals surface area contributed by atoms with Gasteiger partial charge in [0.05, 0.1) is 12.3 Å². The lowest BCUT2D eigenvalue weighted by Crippen LogP contribution is -2.30. The van der Waals surface area contributed by atoms with E-state index in [4.69, 9.17) is 10.5 Å². The molecule has 0 aliphatic heterocycles. The largest absolute Gasteiger partial charge is 0.476 e. The Morgan fingerprint density at radius 2 is 2.15 bits per heavy atom. The molecule has 20 heavy (non-hydrogen) atoms. The highest BCUT2D eigenvalue weighted by Crippen LogP contribution is 2.30. The van der Waals surface area contributed by atoms with Crippen molar-refractivity contribution in [1.82, 2.24) is 14.6 Å². The van der Waals surface area contributed by atoms with E-state index in [-0.39, 0.29) is 0 Å². The number of hydrogen-bond acceptors (Lipinski definition) is 4. The maximum absolute atomic E-state index is 5.98. The second kappa shape index (κ2) is 5.79. The van der Waals surface area contributed by atoms with Gasteiger partial charge in [0.1, 0.15) is 5.52 Å². The van der Waals surface area contributed by atoms with Gasteiger partial charge >= 0.3 is 0 Å². The number of ether oxygens (including phenoxy) is 1. The van der Waals surface area contributed by atoms with Gasteiger partial charge in [-0.3, -0.25) is 0 Å². The van der Waals surface area contributed by atoms with Crippen LogP contribution < -0.4 is 10.5 Å². The average molecular weight is 274 g/mol.